The molecule has 1 aliphatic rings. The molecule has 0 spiro atoms. The Labute approximate surface area is 125 Å². The van der Waals surface area contributed by atoms with Gasteiger partial charge in [-0.3, -0.25) is 4.98 Å². The molecule has 1 fully saturated rings. The van der Waals surface area contributed by atoms with Crippen LogP contribution in [0.15, 0.2) is 23.7 Å². The third kappa shape index (κ3) is 3.04. The van der Waals surface area contributed by atoms with Gasteiger partial charge in [-0.2, -0.15) is 0 Å². The van der Waals surface area contributed by atoms with Gasteiger partial charge in [0.05, 0.1) is 10.2 Å². The molecule has 2 aromatic rings. The molecule has 0 bridgehead atoms. The molecule has 20 heavy (non-hydrogen) atoms. The molecule has 1 saturated carbocycles. The van der Waals surface area contributed by atoms with E-state index in [4.69, 9.17) is 0 Å². The van der Waals surface area contributed by atoms with Gasteiger partial charge in [0.2, 0.25) is 0 Å². The first-order valence-corrected chi connectivity index (χ1v) is 8.61. The van der Waals surface area contributed by atoms with E-state index in [0.29, 0.717) is 11.5 Å². The summed E-state index contributed by atoms with van der Waals surface area (Å²) in [6, 6.07) is 4.76. The van der Waals surface area contributed by atoms with Gasteiger partial charge in [-0.05, 0) is 48.3 Å². The Kier molecular flexibility index (Phi) is 4.08. The fourth-order valence-corrected chi connectivity index (χ4v) is 3.99. The van der Waals surface area contributed by atoms with Crippen LogP contribution in [0.4, 0.5) is 0 Å². The monoisotopic (exact) mass is 288 g/mol. The standard InChI is InChI=1S/C17H24N2S/c1-13(19-12-17(2)7-4-3-5-8-17)14-10-16-15(18-11-14)6-9-20-16/h6,9-11,13,19H,3-5,7-8,12H2,1-2H3. The van der Waals surface area contributed by atoms with Crippen LogP contribution in [0.3, 0.4) is 0 Å². The molecule has 2 nitrogen and oxygen atoms in total. The fourth-order valence-electron chi connectivity index (χ4n) is 3.20. The van der Waals surface area contributed by atoms with Crippen LogP contribution >= 0.6 is 11.3 Å². The molecule has 2 aromatic heterocycles. The van der Waals surface area contributed by atoms with Crippen LogP contribution in [0.1, 0.15) is 57.6 Å². The van der Waals surface area contributed by atoms with Crippen molar-refractivity contribution in [1.82, 2.24) is 10.3 Å². The predicted octanol–water partition coefficient (Wildman–Crippen LogP) is 4.92. The first kappa shape index (κ1) is 14.0. The van der Waals surface area contributed by atoms with E-state index in [9.17, 15) is 0 Å². The van der Waals surface area contributed by atoms with Crippen LogP contribution in [0.25, 0.3) is 10.2 Å². The van der Waals surface area contributed by atoms with Gasteiger partial charge in [-0.15, -0.1) is 11.3 Å². The van der Waals surface area contributed by atoms with Crippen molar-refractivity contribution in [1.29, 1.82) is 0 Å². The summed E-state index contributed by atoms with van der Waals surface area (Å²) in [5, 5.41) is 5.84. The average Bonchev–Trinajstić information content (AvgIpc) is 2.93. The summed E-state index contributed by atoms with van der Waals surface area (Å²) in [7, 11) is 0. The lowest BCUT2D eigenvalue weighted by Gasteiger charge is -2.35. The highest BCUT2D eigenvalue weighted by Gasteiger charge is 2.26. The van der Waals surface area contributed by atoms with Crippen molar-refractivity contribution < 1.29 is 0 Å². The number of thiophene rings is 1. The highest BCUT2D eigenvalue weighted by atomic mass is 32.1. The molecule has 3 rings (SSSR count). The van der Waals surface area contributed by atoms with Crippen LogP contribution in [-0.4, -0.2) is 11.5 Å². The summed E-state index contributed by atoms with van der Waals surface area (Å²) < 4.78 is 1.29. The van der Waals surface area contributed by atoms with Crippen molar-refractivity contribution in [2.75, 3.05) is 6.54 Å². The van der Waals surface area contributed by atoms with Crippen molar-refractivity contribution >= 4 is 21.6 Å². The molecule has 1 unspecified atom stereocenters. The number of pyridine rings is 1. The Hall–Kier alpha value is -0.930. The number of rotatable bonds is 4. The van der Waals surface area contributed by atoms with Gasteiger partial charge in [-0.1, -0.05) is 26.2 Å². The Morgan fingerprint density at radius 1 is 1.35 bits per heavy atom. The molecule has 1 aliphatic carbocycles. The van der Waals surface area contributed by atoms with E-state index >= 15 is 0 Å². The molecule has 0 aliphatic heterocycles. The Balaban J connectivity index is 1.64. The molecule has 3 heteroatoms. The Morgan fingerprint density at radius 3 is 2.95 bits per heavy atom. The second-order valence-corrected chi connectivity index (χ2v) is 7.49. The number of nitrogens with zero attached hydrogens (tertiary/aromatic N) is 1. The zero-order valence-electron chi connectivity index (χ0n) is 12.5. The maximum atomic E-state index is 4.54. The van der Waals surface area contributed by atoms with Gasteiger partial charge in [-0.25, -0.2) is 0 Å². The number of hydrogen-bond acceptors (Lipinski definition) is 3. The minimum absolute atomic E-state index is 0.382. The lowest BCUT2D eigenvalue weighted by Crippen LogP contribution is -2.35. The maximum Gasteiger partial charge on any atom is 0.0809 e. The minimum atomic E-state index is 0.382. The zero-order chi connectivity index (χ0) is 14.0. The van der Waals surface area contributed by atoms with Crippen molar-refractivity contribution in [2.24, 2.45) is 5.41 Å². The van der Waals surface area contributed by atoms with Gasteiger partial charge in [0.1, 0.15) is 0 Å². The summed E-state index contributed by atoms with van der Waals surface area (Å²) in [5.41, 5.74) is 2.91. The quantitative estimate of drug-likeness (QED) is 0.864. The molecule has 2 heterocycles. The van der Waals surface area contributed by atoms with E-state index in [-0.39, 0.29) is 0 Å². The minimum Gasteiger partial charge on any atom is -0.310 e. The predicted molar refractivity (Wildman–Crippen MR) is 87.2 cm³/mol. The molecular weight excluding hydrogens is 264 g/mol. The van der Waals surface area contributed by atoms with Crippen LogP contribution in [-0.2, 0) is 0 Å². The fraction of sp³-hybridized carbons (Fsp3) is 0.588. The van der Waals surface area contributed by atoms with Crippen molar-refractivity contribution in [3.63, 3.8) is 0 Å². The largest absolute Gasteiger partial charge is 0.310 e. The summed E-state index contributed by atoms with van der Waals surface area (Å²) >= 11 is 1.77. The molecular formula is C17H24N2S. The summed E-state index contributed by atoms with van der Waals surface area (Å²) in [5.74, 6) is 0. The summed E-state index contributed by atoms with van der Waals surface area (Å²) in [6.07, 6.45) is 8.98. The second-order valence-electron chi connectivity index (χ2n) is 6.55. The number of aromatic nitrogens is 1. The Bertz CT molecular complexity index is 569. The molecule has 0 aromatic carbocycles. The van der Waals surface area contributed by atoms with Crippen LogP contribution < -0.4 is 5.32 Å². The van der Waals surface area contributed by atoms with Gasteiger partial charge >= 0.3 is 0 Å². The van der Waals surface area contributed by atoms with E-state index in [0.717, 1.165) is 12.1 Å². The van der Waals surface area contributed by atoms with Crippen molar-refractivity contribution in [3.05, 3.63) is 29.3 Å². The van der Waals surface area contributed by atoms with Crippen LogP contribution in [0.2, 0.25) is 0 Å². The first-order chi connectivity index (χ1) is 9.66. The van der Waals surface area contributed by atoms with Crippen LogP contribution in [0, 0.1) is 5.41 Å². The zero-order valence-corrected chi connectivity index (χ0v) is 13.3. The SMILES string of the molecule is CC(NCC1(C)CCCCC1)c1cnc2ccsc2c1. The van der Waals surface area contributed by atoms with E-state index in [2.05, 4.69) is 41.7 Å². The summed E-state index contributed by atoms with van der Waals surface area (Å²) in [6.45, 7) is 5.81. The van der Waals surface area contributed by atoms with E-state index < -0.39 is 0 Å². The molecule has 108 valence electrons. The highest BCUT2D eigenvalue weighted by molar-refractivity contribution is 7.17. The van der Waals surface area contributed by atoms with Gasteiger partial charge in [0.25, 0.3) is 0 Å². The molecule has 0 saturated heterocycles. The van der Waals surface area contributed by atoms with E-state index in [1.54, 1.807) is 11.3 Å². The van der Waals surface area contributed by atoms with Crippen molar-refractivity contribution in [2.45, 2.75) is 52.0 Å². The first-order valence-electron chi connectivity index (χ1n) is 7.73. The number of hydrogen-bond donors (Lipinski definition) is 1. The molecule has 0 radical (unpaired) electrons. The highest BCUT2D eigenvalue weighted by Crippen LogP contribution is 2.35. The van der Waals surface area contributed by atoms with Gasteiger partial charge in [0, 0.05) is 18.8 Å². The molecule has 1 N–H and O–H groups in total. The second kappa shape index (κ2) is 5.82. The van der Waals surface area contributed by atoms with Crippen LogP contribution in [0.5, 0.6) is 0 Å². The Morgan fingerprint density at radius 2 is 2.15 bits per heavy atom. The topological polar surface area (TPSA) is 24.9 Å². The van der Waals surface area contributed by atoms with E-state index in [1.165, 1.54) is 42.4 Å². The lowest BCUT2D eigenvalue weighted by molar-refractivity contribution is 0.202. The van der Waals surface area contributed by atoms with Crippen molar-refractivity contribution in [3.8, 4) is 0 Å². The lowest BCUT2D eigenvalue weighted by atomic mass is 9.75. The molecule has 1 atom stereocenters. The smallest absolute Gasteiger partial charge is 0.0809 e. The van der Waals surface area contributed by atoms with Gasteiger partial charge in [0.15, 0.2) is 0 Å². The third-order valence-corrected chi connectivity index (χ3v) is 5.57. The average molecular weight is 288 g/mol. The third-order valence-electron chi connectivity index (χ3n) is 4.72. The van der Waals surface area contributed by atoms with E-state index in [1.807, 2.05) is 6.20 Å². The summed E-state index contributed by atoms with van der Waals surface area (Å²) in [4.78, 5) is 4.54. The maximum absolute atomic E-state index is 4.54. The normalized spacial score (nSPS) is 20.1. The molecule has 0 amide bonds. The number of fused-ring (bicyclic) bond motifs is 1. The van der Waals surface area contributed by atoms with Gasteiger partial charge < -0.3 is 5.32 Å². The number of nitrogens with one attached hydrogen (secondary N) is 1.